The number of para-hydroxylation sites is 1. The summed E-state index contributed by atoms with van der Waals surface area (Å²) < 4.78 is 27.7. The molecule has 9 heteroatoms. The zero-order valence-corrected chi connectivity index (χ0v) is 20.8. The van der Waals surface area contributed by atoms with Gasteiger partial charge >= 0.3 is 0 Å². The van der Waals surface area contributed by atoms with Crippen molar-refractivity contribution in [3.63, 3.8) is 0 Å². The predicted octanol–water partition coefficient (Wildman–Crippen LogP) is 4.59. The topological polar surface area (TPSA) is 69.7 Å². The maximum Gasteiger partial charge on any atom is 0.252 e. The summed E-state index contributed by atoms with van der Waals surface area (Å²) in [5, 5.41) is 3.13. The van der Waals surface area contributed by atoms with E-state index in [1.165, 1.54) is 4.31 Å². The second-order valence-electron chi connectivity index (χ2n) is 8.41. The maximum atomic E-state index is 12.8. The van der Waals surface area contributed by atoms with E-state index in [1.807, 2.05) is 11.0 Å². The Morgan fingerprint density at radius 1 is 1.03 bits per heavy atom. The van der Waals surface area contributed by atoms with Gasteiger partial charge in [-0.05, 0) is 35.1 Å². The number of sulfonamides is 1. The van der Waals surface area contributed by atoms with Crippen molar-refractivity contribution < 1.29 is 13.2 Å². The first-order valence-electron chi connectivity index (χ1n) is 10.5. The Bertz CT molecular complexity index is 1000. The minimum absolute atomic E-state index is 0.0728. The molecule has 2 heterocycles. The molecule has 0 unspecified atom stereocenters. The molecule has 0 atom stereocenters. The van der Waals surface area contributed by atoms with E-state index < -0.39 is 10.0 Å². The number of carbonyl (C=O) groups excluding carboxylic acids is 1. The van der Waals surface area contributed by atoms with Crippen LogP contribution in [0.15, 0.2) is 34.5 Å². The molecule has 0 radical (unpaired) electrons. The van der Waals surface area contributed by atoms with E-state index in [0.29, 0.717) is 42.4 Å². The Kier molecular flexibility index (Phi) is 7.81. The van der Waals surface area contributed by atoms with Crippen LogP contribution in [-0.4, -0.2) is 56.3 Å². The number of hydrogen-bond acceptors (Lipinski definition) is 5. The van der Waals surface area contributed by atoms with Gasteiger partial charge in [0.1, 0.15) is 4.21 Å². The highest BCUT2D eigenvalue weighted by Crippen LogP contribution is 2.32. The van der Waals surface area contributed by atoms with Crippen LogP contribution in [0.3, 0.4) is 0 Å². The summed E-state index contributed by atoms with van der Waals surface area (Å²) in [7, 11) is -3.53. The normalized spacial score (nSPS) is 16.2. The number of halogens is 1. The average Bonchev–Trinajstić information content (AvgIpc) is 3.15. The van der Waals surface area contributed by atoms with E-state index >= 15 is 0 Å². The lowest BCUT2D eigenvalue weighted by Gasteiger charge is -2.33. The van der Waals surface area contributed by atoms with Gasteiger partial charge in [-0.3, -0.25) is 9.69 Å². The highest BCUT2D eigenvalue weighted by atomic mass is 35.5. The van der Waals surface area contributed by atoms with Crippen LogP contribution in [0.1, 0.15) is 50.7 Å². The SMILES string of the molecule is CC(C)c1cccc(C(C)C)c1NC(=O)CN1CCN(S(=O)(=O)c2ccc(Cl)s2)CC1. The smallest absolute Gasteiger partial charge is 0.252 e. The summed E-state index contributed by atoms with van der Waals surface area (Å²) in [6, 6.07) is 9.31. The molecular formula is C22H30ClN3O3S2. The standard InChI is InChI=1S/C22H30ClN3O3S2/c1-15(2)17-6-5-7-18(16(3)4)22(17)24-20(27)14-25-10-12-26(13-11-25)31(28,29)21-9-8-19(23)30-21/h5-9,15-16H,10-14H2,1-4H3,(H,24,27). The molecule has 0 spiro atoms. The average molecular weight is 484 g/mol. The zero-order chi connectivity index (χ0) is 22.8. The number of nitrogens with zero attached hydrogens (tertiary/aromatic N) is 2. The first-order valence-corrected chi connectivity index (χ1v) is 13.1. The van der Waals surface area contributed by atoms with Crippen LogP contribution in [0.5, 0.6) is 0 Å². The molecular weight excluding hydrogens is 454 g/mol. The van der Waals surface area contributed by atoms with E-state index in [0.717, 1.165) is 28.2 Å². The molecule has 1 N–H and O–H groups in total. The Balaban J connectivity index is 1.62. The molecule has 0 bridgehead atoms. The molecule has 1 aromatic carbocycles. The van der Waals surface area contributed by atoms with Gasteiger partial charge in [0.25, 0.3) is 10.0 Å². The molecule has 31 heavy (non-hydrogen) atoms. The molecule has 6 nitrogen and oxygen atoms in total. The van der Waals surface area contributed by atoms with Crippen molar-refractivity contribution in [1.29, 1.82) is 0 Å². The summed E-state index contributed by atoms with van der Waals surface area (Å²) in [4.78, 5) is 14.8. The number of hydrogen-bond donors (Lipinski definition) is 1. The van der Waals surface area contributed by atoms with Crippen LogP contribution >= 0.6 is 22.9 Å². The Morgan fingerprint density at radius 3 is 2.10 bits per heavy atom. The van der Waals surface area contributed by atoms with Gasteiger partial charge in [-0.25, -0.2) is 8.42 Å². The Morgan fingerprint density at radius 2 is 1.61 bits per heavy atom. The van der Waals surface area contributed by atoms with Gasteiger partial charge in [0, 0.05) is 31.9 Å². The second kappa shape index (κ2) is 10.0. The van der Waals surface area contributed by atoms with Crippen molar-refractivity contribution in [2.75, 3.05) is 38.0 Å². The fourth-order valence-electron chi connectivity index (χ4n) is 3.77. The molecule has 1 aliphatic heterocycles. The molecule has 0 aliphatic carbocycles. The lowest BCUT2D eigenvalue weighted by molar-refractivity contribution is -0.117. The van der Waals surface area contributed by atoms with Gasteiger partial charge in [-0.2, -0.15) is 4.31 Å². The van der Waals surface area contributed by atoms with Crippen molar-refractivity contribution in [2.24, 2.45) is 0 Å². The molecule has 170 valence electrons. The molecule has 1 amide bonds. The minimum Gasteiger partial charge on any atom is -0.324 e. The number of rotatable bonds is 7. The van der Waals surface area contributed by atoms with Crippen LogP contribution in [-0.2, 0) is 14.8 Å². The number of anilines is 1. The second-order valence-corrected chi connectivity index (χ2v) is 12.3. The van der Waals surface area contributed by atoms with Gasteiger partial charge in [0.05, 0.1) is 10.9 Å². The van der Waals surface area contributed by atoms with Crippen molar-refractivity contribution >= 4 is 44.6 Å². The number of benzene rings is 1. The third-order valence-corrected chi connectivity index (χ3v) is 9.08. The molecule has 3 rings (SSSR count). The van der Waals surface area contributed by atoms with E-state index in [9.17, 15) is 13.2 Å². The van der Waals surface area contributed by atoms with Gasteiger partial charge in [-0.15, -0.1) is 11.3 Å². The number of piperazine rings is 1. The lowest BCUT2D eigenvalue weighted by atomic mass is 9.92. The summed E-state index contributed by atoms with van der Waals surface area (Å²) in [6.07, 6.45) is 0. The van der Waals surface area contributed by atoms with Crippen molar-refractivity contribution in [1.82, 2.24) is 9.21 Å². The zero-order valence-electron chi connectivity index (χ0n) is 18.4. The molecule has 2 aromatic rings. The van der Waals surface area contributed by atoms with E-state index in [-0.39, 0.29) is 16.7 Å². The van der Waals surface area contributed by atoms with Crippen molar-refractivity contribution in [2.45, 2.75) is 43.7 Å². The lowest BCUT2D eigenvalue weighted by Crippen LogP contribution is -2.50. The molecule has 1 aromatic heterocycles. The van der Waals surface area contributed by atoms with Crippen LogP contribution in [0.2, 0.25) is 4.34 Å². The van der Waals surface area contributed by atoms with Crippen LogP contribution in [0.4, 0.5) is 5.69 Å². The monoisotopic (exact) mass is 483 g/mol. The quantitative estimate of drug-likeness (QED) is 0.625. The third-order valence-electron chi connectivity index (χ3n) is 5.48. The fourth-order valence-corrected chi connectivity index (χ4v) is 6.83. The van der Waals surface area contributed by atoms with Gasteiger partial charge in [0.15, 0.2) is 0 Å². The third kappa shape index (κ3) is 5.68. The van der Waals surface area contributed by atoms with E-state index in [2.05, 4.69) is 45.1 Å². The molecule has 0 saturated carbocycles. The Hall–Kier alpha value is -1.45. The summed E-state index contributed by atoms with van der Waals surface area (Å²) in [5.41, 5.74) is 3.17. The summed E-state index contributed by atoms with van der Waals surface area (Å²) >= 11 is 6.96. The Labute approximate surface area is 194 Å². The molecule has 1 aliphatic rings. The number of nitrogens with one attached hydrogen (secondary N) is 1. The van der Waals surface area contributed by atoms with Crippen LogP contribution < -0.4 is 5.32 Å². The predicted molar refractivity (Wildman–Crippen MR) is 128 cm³/mol. The highest BCUT2D eigenvalue weighted by Gasteiger charge is 2.30. The van der Waals surface area contributed by atoms with Crippen LogP contribution in [0.25, 0.3) is 0 Å². The number of amides is 1. The first-order chi connectivity index (χ1) is 14.6. The van der Waals surface area contributed by atoms with Gasteiger partial charge in [0.2, 0.25) is 5.91 Å². The minimum atomic E-state index is -3.53. The fraction of sp³-hybridized carbons (Fsp3) is 0.500. The van der Waals surface area contributed by atoms with E-state index in [1.54, 1.807) is 12.1 Å². The van der Waals surface area contributed by atoms with Gasteiger partial charge in [-0.1, -0.05) is 57.5 Å². The molecule has 1 saturated heterocycles. The van der Waals surface area contributed by atoms with Crippen LogP contribution in [0, 0.1) is 0 Å². The number of carbonyl (C=O) groups is 1. The van der Waals surface area contributed by atoms with E-state index in [4.69, 9.17) is 11.6 Å². The molecule has 1 fully saturated rings. The summed E-state index contributed by atoms with van der Waals surface area (Å²) in [6.45, 7) is 10.4. The maximum absolute atomic E-state index is 12.8. The summed E-state index contributed by atoms with van der Waals surface area (Å²) in [5.74, 6) is 0.526. The largest absolute Gasteiger partial charge is 0.324 e. The number of thiophene rings is 1. The van der Waals surface area contributed by atoms with Gasteiger partial charge < -0.3 is 5.32 Å². The van der Waals surface area contributed by atoms with Crippen molar-refractivity contribution in [3.05, 3.63) is 45.8 Å². The first kappa shape index (κ1) is 24.2. The van der Waals surface area contributed by atoms with Crippen molar-refractivity contribution in [3.8, 4) is 0 Å². The highest BCUT2D eigenvalue weighted by molar-refractivity contribution is 7.91.